The van der Waals surface area contributed by atoms with E-state index in [1.807, 2.05) is 63.3 Å². The molecule has 4 aliphatic heterocycles. The van der Waals surface area contributed by atoms with Crippen molar-refractivity contribution >= 4 is 35.4 Å². The predicted octanol–water partition coefficient (Wildman–Crippen LogP) is 3.18. The maximum absolute atomic E-state index is 13.4. The standard InChI is InChI=1S/C37H40N6O6/c44-31-12-11-30(34(46)39-31)43-36(48)29-8-4-7-26(33(29)37(43)49)10-9-25-22-38-42(23-25)28-15-19-40(20-16-28)32(45)21-24-13-17-41(18-14-24)35(47)27-5-2-1-3-6-27/h1-8,22-24,28,30H,9-21H2,(H,39,44,46). The molecular formula is C37H40N6O6. The third-order valence-electron chi connectivity index (χ3n) is 10.5. The van der Waals surface area contributed by atoms with E-state index in [1.54, 1.807) is 12.1 Å². The molecule has 7 rings (SSSR count). The first-order chi connectivity index (χ1) is 23.8. The van der Waals surface area contributed by atoms with E-state index in [9.17, 15) is 28.8 Å². The third-order valence-corrected chi connectivity index (χ3v) is 10.5. The Balaban J connectivity index is 0.886. The van der Waals surface area contributed by atoms with E-state index >= 15 is 0 Å². The Labute approximate surface area is 284 Å². The fraction of sp³-hybridized carbons (Fsp3) is 0.432. The summed E-state index contributed by atoms with van der Waals surface area (Å²) in [5, 5.41) is 6.86. The predicted molar refractivity (Wildman–Crippen MR) is 177 cm³/mol. The van der Waals surface area contributed by atoms with Gasteiger partial charge in [0.1, 0.15) is 6.04 Å². The number of nitrogens with one attached hydrogen (secondary N) is 1. The van der Waals surface area contributed by atoms with Crippen molar-refractivity contribution in [1.82, 2.24) is 29.8 Å². The highest BCUT2D eigenvalue weighted by Crippen LogP contribution is 2.31. The van der Waals surface area contributed by atoms with Gasteiger partial charge in [0.05, 0.1) is 23.4 Å². The molecule has 4 aliphatic rings. The molecule has 5 heterocycles. The van der Waals surface area contributed by atoms with Gasteiger partial charge in [-0.15, -0.1) is 0 Å². The third kappa shape index (κ3) is 6.64. The first-order valence-corrected chi connectivity index (χ1v) is 17.3. The zero-order valence-electron chi connectivity index (χ0n) is 27.4. The van der Waals surface area contributed by atoms with Crippen LogP contribution in [0.5, 0.6) is 0 Å². The van der Waals surface area contributed by atoms with Gasteiger partial charge >= 0.3 is 0 Å². The molecule has 12 heteroatoms. The summed E-state index contributed by atoms with van der Waals surface area (Å²) in [6, 6.07) is 13.7. The van der Waals surface area contributed by atoms with Gasteiger partial charge in [-0.1, -0.05) is 30.3 Å². The lowest BCUT2D eigenvalue weighted by Crippen LogP contribution is -2.54. The summed E-state index contributed by atoms with van der Waals surface area (Å²) in [6.45, 7) is 2.72. The van der Waals surface area contributed by atoms with Crippen LogP contribution < -0.4 is 5.32 Å². The van der Waals surface area contributed by atoms with E-state index in [4.69, 9.17) is 0 Å². The van der Waals surface area contributed by atoms with Gasteiger partial charge in [0.2, 0.25) is 17.7 Å². The highest BCUT2D eigenvalue weighted by molar-refractivity contribution is 6.24. The number of amides is 6. The van der Waals surface area contributed by atoms with Gasteiger partial charge in [-0.25, -0.2) is 0 Å². The Hall–Kier alpha value is -5.13. The molecule has 12 nitrogen and oxygen atoms in total. The highest BCUT2D eigenvalue weighted by atomic mass is 16.2. The number of nitrogens with zero attached hydrogens (tertiary/aromatic N) is 5. The molecule has 0 spiro atoms. The van der Waals surface area contributed by atoms with E-state index < -0.39 is 29.7 Å². The quantitative estimate of drug-likeness (QED) is 0.365. The van der Waals surface area contributed by atoms with Crippen LogP contribution in [0.2, 0.25) is 0 Å². The summed E-state index contributed by atoms with van der Waals surface area (Å²) < 4.78 is 1.98. The van der Waals surface area contributed by atoms with Crippen LogP contribution >= 0.6 is 0 Å². The van der Waals surface area contributed by atoms with Gasteiger partial charge in [-0.05, 0) is 80.2 Å². The van der Waals surface area contributed by atoms with Crippen molar-refractivity contribution < 1.29 is 28.8 Å². The van der Waals surface area contributed by atoms with Gasteiger partial charge in [-0.3, -0.25) is 43.7 Å². The van der Waals surface area contributed by atoms with Crippen LogP contribution in [0.3, 0.4) is 0 Å². The molecule has 0 saturated carbocycles. The largest absolute Gasteiger partial charge is 0.343 e. The number of piperidine rings is 3. The van der Waals surface area contributed by atoms with Crippen molar-refractivity contribution in [3.8, 4) is 0 Å². The first-order valence-electron chi connectivity index (χ1n) is 17.3. The second-order valence-electron chi connectivity index (χ2n) is 13.5. The molecule has 3 fully saturated rings. The van der Waals surface area contributed by atoms with Crippen molar-refractivity contribution in [3.63, 3.8) is 0 Å². The summed E-state index contributed by atoms with van der Waals surface area (Å²) in [4.78, 5) is 81.5. The number of hydrogen-bond donors (Lipinski definition) is 1. The minimum absolute atomic E-state index is 0.0581. The number of carbonyl (C=O) groups is 6. The van der Waals surface area contributed by atoms with Crippen LogP contribution in [0.15, 0.2) is 60.9 Å². The maximum atomic E-state index is 13.4. The number of carbonyl (C=O) groups excluding carboxylic acids is 6. The lowest BCUT2D eigenvalue weighted by Gasteiger charge is -2.35. The minimum Gasteiger partial charge on any atom is -0.343 e. The zero-order valence-corrected chi connectivity index (χ0v) is 27.4. The Morgan fingerprint density at radius 2 is 1.53 bits per heavy atom. The minimum atomic E-state index is -0.992. The van der Waals surface area contributed by atoms with Gasteiger partial charge in [0, 0.05) is 50.8 Å². The van der Waals surface area contributed by atoms with Gasteiger partial charge in [0.25, 0.3) is 17.7 Å². The van der Waals surface area contributed by atoms with Crippen LogP contribution in [-0.2, 0) is 27.2 Å². The van der Waals surface area contributed by atoms with E-state index in [0.717, 1.165) is 41.7 Å². The molecule has 0 aliphatic carbocycles. The summed E-state index contributed by atoms with van der Waals surface area (Å²) in [5.41, 5.74) is 3.06. The first kappa shape index (κ1) is 32.4. The Morgan fingerprint density at radius 3 is 2.27 bits per heavy atom. The Morgan fingerprint density at radius 1 is 0.796 bits per heavy atom. The molecular weight excluding hydrogens is 624 g/mol. The maximum Gasteiger partial charge on any atom is 0.262 e. The van der Waals surface area contributed by atoms with E-state index in [0.29, 0.717) is 62.5 Å². The molecule has 0 bridgehead atoms. The smallest absolute Gasteiger partial charge is 0.262 e. The molecule has 6 amide bonds. The van der Waals surface area contributed by atoms with Crippen LogP contribution in [0.4, 0.5) is 0 Å². The van der Waals surface area contributed by atoms with Gasteiger partial charge < -0.3 is 9.80 Å². The summed E-state index contributed by atoms with van der Waals surface area (Å²) in [6.07, 6.45) is 9.02. The number of benzene rings is 2. The molecule has 254 valence electrons. The van der Waals surface area contributed by atoms with Crippen LogP contribution in [0, 0.1) is 5.92 Å². The lowest BCUT2D eigenvalue weighted by molar-refractivity contribution is -0.136. The summed E-state index contributed by atoms with van der Waals surface area (Å²) in [7, 11) is 0. The summed E-state index contributed by atoms with van der Waals surface area (Å²) in [5.74, 6) is -1.49. The second kappa shape index (κ2) is 13.8. The fourth-order valence-electron chi connectivity index (χ4n) is 7.64. The van der Waals surface area contributed by atoms with Crippen LogP contribution in [-0.4, -0.2) is 92.1 Å². The molecule has 1 atom stereocenters. The number of imide groups is 2. The van der Waals surface area contributed by atoms with Crippen molar-refractivity contribution in [2.24, 2.45) is 5.92 Å². The van der Waals surface area contributed by atoms with E-state index in [2.05, 4.69) is 10.4 Å². The molecule has 2 aromatic carbocycles. The van der Waals surface area contributed by atoms with E-state index in [1.165, 1.54) is 0 Å². The number of aryl methyl sites for hydroxylation is 2. The van der Waals surface area contributed by atoms with Gasteiger partial charge in [0.15, 0.2) is 0 Å². The average Bonchev–Trinajstić information content (AvgIpc) is 3.70. The van der Waals surface area contributed by atoms with Crippen LogP contribution in [0.1, 0.15) is 93.2 Å². The van der Waals surface area contributed by atoms with Crippen molar-refractivity contribution in [2.75, 3.05) is 26.2 Å². The SMILES string of the molecule is O=C1CCC(N2C(=O)c3cccc(CCc4cnn(C5CCN(C(=O)CC6CCN(C(=O)c7ccccc7)CC6)CC5)c4)c3C2=O)C(=O)N1. The Kier molecular flexibility index (Phi) is 9.11. The van der Waals surface area contributed by atoms with Crippen LogP contribution in [0.25, 0.3) is 0 Å². The topological polar surface area (TPSA) is 142 Å². The molecule has 3 aromatic rings. The number of rotatable bonds is 8. The molecule has 3 saturated heterocycles. The van der Waals surface area contributed by atoms with Crippen molar-refractivity contribution in [3.05, 3.63) is 88.7 Å². The molecule has 1 aromatic heterocycles. The normalized spacial score (nSPS) is 20.5. The number of aromatic nitrogens is 2. The molecule has 1 unspecified atom stereocenters. The number of fused-ring (bicyclic) bond motifs is 1. The van der Waals surface area contributed by atoms with Crippen molar-refractivity contribution in [2.45, 2.75) is 69.9 Å². The number of likely N-dealkylation sites (tertiary alicyclic amines) is 2. The highest BCUT2D eigenvalue weighted by Gasteiger charge is 2.45. The molecule has 49 heavy (non-hydrogen) atoms. The van der Waals surface area contributed by atoms with Crippen molar-refractivity contribution in [1.29, 1.82) is 0 Å². The van der Waals surface area contributed by atoms with E-state index in [-0.39, 0.29) is 36.3 Å². The molecule has 1 N–H and O–H groups in total. The van der Waals surface area contributed by atoms with Gasteiger partial charge in [-0.2, -0.15) is 5.10 Å². The monoisotopic (exact) mass is 664 g/mol. The average molecular weight is 665 g/mol. The Bertz CT molecular complexity index is 1790. The number of hydrogen-bond acceptors (Lipinski definition) is 7. The fourth-order valence-corrected chi connectivity index (χ4v) is 7.64. The zero-order chi connectivity index (χ0) is 34.1. The second-order valence-corrected chi connectivity index (χ2v) is 13.5. The molecule has 0 radical (unpaired) electrons. The summed E-state index contributed by atoms with van der Waals surface area (Å²) >= 11 is 0. The lowest BCUT2D eigenvalue weighted by atomic mass is 9.92.